The number of ether oxygens (including phenoxy) is 1. The van der Waals surface area contributed by atoms with Crippen molar-refractivity contribution < 1.29 is 38.4 Å². The van der Waals surface area contributed by atoms with Crippen LogP contribution in [0.1, 0.15) is 45.6 Å². The molecule has 0 spiro atoms. The molecule has 0 N–H and O–H groups in total. The van der Waals surface area contributed by atoms with Crippen LogP contribution in [0.5, 0.6) is 0 Å². The Morgan fingerprint density at radius 1 is 1.00 bits per heavy atom. The normalized spacial score (nSPS) is 29.0. The summed E-state index contributed by atoms with van der Waals surface area (Å²) in [6, 6.07) is 7.31. The van der Waals surface area contributed by atoms with E-state index in [-0.39, 0.29) is 37.8 Å². The number of likely N-dealkylation sites (tertiary alicyclic amines) is 1. The molecule has 2 aliphatic heterocycles. The van der Waals surface area contributed by atoms with Crippen LogP contribution in [0.2, 0.25) is 0 Å². The van der Waals surface area contributed by atoms with Gasteiger partial charge in [-0.25, -0.2) is 14.7 Å². The van der Waals surface area contributed by atoms with Crippen LogP contribution in [-0.4, -0.2) is 68.5 Å². The minimum atomic E-state index is -1.16. The fourth-order valence-corrected chi connectivity index (χ4v) is 6.23. The third kappa shape index (κ3) is 5.44. The third-order valence-electron chi connectivity index (χ3n) is 7.79. The largest absolute Gasteiger partial charge is 0.444 e. The molecule has 1 saturated carbocycles. The summed E-state index contributed by atoms with van der Waals surface area (Å²) in [6.07, 6.45) is 4.09. The van der Waals surface area contributed by atoms with Gasteiger partial charge >= 0.3 is 17.4 Å². The van der Waals surface area contributed by atoms with Crippen LogP contribution in [0.3, 0.4) is 0 Å². The molecule has 1 aromatic rings. The van der Waals surface area contributed by atoms with Crippen molar-refractivity contribution >= 4 is 40.8 Å². The van der Waals surface area contributed by atoms with Gasteiger partial charge in [-0.15, -0.1) is 5.06 Å². The average Bonchev–Trinajstić information content (AvgIpc) is 3.58. The van der Waals surface area contributed by atoms with Crippen molar-refractivity contribution in [2.45, 2.75) is 64.3 Å². The van der Waals surface area contributed by atoms with E-state index in [2.05, 4.69) is 0 Å². The van der Waals surface area contributed by atoms with E-state index in [0.29, 0.717) is 5.06 Å². The molecule has 214 valence electrons. The minimum absolute atomic E-state index is 0.0428. The summed E-state index contributed by atoms with van der Waals surface area (Å²) in [5, 5.41) is 0.681. The van der Waals surface area contributed by atoms with Crippen LogP contribution in [0.15, 0.2) is 42.5 Å². The van der Waals surface area contributed by atoms with Crippen molar-refractivity contribution in [2.24, 2.45) is 23.7 Å². The van der Waals surface area contributed by atoms with Crippen LogP contribution in [-0.2, 0) is 35.4 Å². The summed E-state index contributed by atoms with van der Waals surface area (Å²) in [5.74, 6) is -3.15. The number of hydrogen-bond donors (Lipinski definition) is 0. The van der Waals surface area contributed by atoms with Gasteiger partial charge in [0.15, 0.2) is 0 Å². The molecule has 0 aromatic heterocycles. The SMILES string of the molecule is CC(C)(C)OC(=O)N1C[C@H](N(OCc2ccccc2)C(=O)Cl)CC[C@H]1C(=O)ON1C(=O)C2C3C=CC(C3)C2C1=O. The van der Waals surface area contributed by atoms with Gasteiger partial charge in [0.1, 0.15) is 18.2 Å². The smallest absolute Gasteiger partial charge is 0.411 e. The zero-order valence-electron chi connectivity index (χ0n) is 22.5. The van der Waals surface area contributed by atoms with Crippen molar-refractivity contribution in [3.8, 4) is 0 Å². The van der Waals surface area contributed by atoms with Crippen LogP contribution in [0.4, 0.5) is 9.59 Å². The van der Waals surface area contributed by atoms with E-state index in [1.165, 1.54) is 0 Å². The molecule has 2 heterocycles. The number of hydrogen-bond acceptors (Lipinski definition) is 8. The van der Waals surface area contributed by atoms with E-state index >= 15 is 0 Å². The van der Waals surface area contributed by atoms with Gasteiger partial charge < -0.3 is 9.57 Å². The molecule has 4 aliphatic rings. The predicted molar refractivity (Wildman–Crippen MR) is 140 cm³/mol. The van der Waals surface area contributed by atoms with Crippen LogP contribution in [0.25, 0.3) is 0 Å². The molecule has 2 saturated heterocycles. The number of allylic oxidation sites excluding steroid dienone is 2. The van der Waals surface area contributed by atoms with Gasteiger partial charge in [0, 0.05) is 6.54 Å². The molecule has 5 rings (SSSR count). The number of imide groups is 1. The molecule has 11 nitrogen and oxygen atoms in total. The maximum absolute atomic E-state index is 13.4. The Morgan fingerprint density at radius 3 is 2.20 bits per heavy atom. The average molecular weight is 574 g/mol. The Hall–Kier alpha value is -3.44. The van der Waals surface area contributed by atoms with Crippen molar-refractivity contribution in [2.75, 3.05) is 6.54 Å². The first-order chi connectivity index (χ1) is 18.9. The van der Waals surface area contributed by atoms with Gasteiger partial charge in [0.25, 0.3) is 11.8 Å². The van der Waals surface area contributed by atoms with Gasteiger partial charge in [0.2, 0.25) is 0 Å². The molecule has 1 aromatic carbocycles. The number of nitrogens with zero attached hydrogens (tertiary/aromatic N) is 3. The number of piperidine rings is 1. The van der Waals surface area contributed by atoms with E-state index < -0.39 is 58.8 Å². The Bertz CT molecular complexity index is 1200. The van der Waals surface area contributed by atoms with Gasteiger partial charge in [-0.05, 0) is 69.0 Å². The number of carbonyl (C=O) groups is 5. The van der Waals surface area contributed by atoms with Crippen molar-refractivity contribution in [3.05, 3.63) is 48.0 Å². The van der Waals surface area contributed by atoms with Gasteiger partial charge in [-0.2, -0.15) is 0 Å². The minimum Gasteiger partial charge on any atom is -0.444 e. The highest BCUT2D eigenvalue weighted by molar-refractivity contribution is 6.62. The van der Waals surface area contributed by atoms with Gasteiger partial charge in [0.05, 0.1) is 17.9 Å². The number of hydroxylamine groups is 4. The van der Waals surface area contributed by atoms with E-state index in [1.54, 1.807) is 20.8 Å². The Balaban J connectivity index is 1.31. The van der Waals surface area contributed by atoms with Crippen molar-refractivity contribution in [1.29, 1.82) is 0 Å². The number of benzene rings is 1. The van der Waals surface area contributed by atoms with E-state index in [1.807, 2.05) is 42.5 Å². The van der Waals surface area contributed by atoms with Crippen LogP contribution < -0.4 is 0 Å². The molecule has 40 heavy (non-hydrogen) atoms. The predicted octanol–water partition coefficient (Wildman–Crippen LogP) is 3.81. The highest BCUT2D eigenvalue weighted by Crippen LogP contribution is 2.52. The third-order valence-corrected chi connectivity index (χ3v) is 7.95. The number of halogens is 1. The fraction of sp³-hybridized carbons (Fsp3) is 0.536. The number of fused-ring (bicyclic) bond motifs is 5. The number of rotatable bonds is 6. The molecule has 2 bridgehead atoms. The molecule has 4 unspecified atom stereocenters. The summed E-state index contributed by atoms with van der Waals surface area (Å²) < 4.78 is 5.53. The Morgan fingerprint density at radius 2 is 1.62 bits per heavy atom. The second-order valence-electron chi connectivity index (χ2n) is 11.6. The van der Waals surface area contributed by atoms with Crippen LogP contribution in [0, 0.1) is 23.7 Å². The molecular formula is C28H32ClN3O8. The molecule has 12 heteroatoms. The second kappa shape index (κ2) is 10.9. The van der Waals surface area contributed by atoms with Gasteiger partial charge in [-0.1, -0.05) is 42.5 Å². The van der Waals surface area contributed by atoms with E-state index in [4.69, 9.17) is 26.0 Å². The van der Waals surface area contributed by atoms with Crippen molar-refractivity contribution in [3.63, 3.8) is 0 Å². The summed E-state index contributed by atoms with van der Waals surface area (Å²) in [6.45, 7) is 4.95. The number of amides is 4. The summed E-state index contributed by atoms with van der Waals surface area (Å²) in [7, 11) is 0. The number of carbonyl (C=O) groups excluding carboxylic acids is 5. The quantitative estimate of drug-likeness (QED) is 0.165. The van der Waals surface area contributed by atoms with Crippen LogP contribution >= 0.6 is 11.6 Å². The lowest BCUT2D eigenvalue weighted by atomic mass is 9.85. The zero-order chi connectivity index (χ0) is 28.8. The molecular weight excluding hydrogens is 542 g/mol. The molecule has 4 amide bonds. The van der Waals surface area contributed by atoms with E-state index in [0.717, 1.165) is 21.9 Å². The first-order valence-corrected chi connectivity index (χ1v) is 13.8. The molecule has 2 aliphatic carbocycles. The van der Waals surface area contributed by atoms with Crippen molar-refractivity contribution in [1.82, 2.24) is 15.0 Å². The lowest BCUT2D eigenvalue weighted by Gasteiger charge is -2.41. The topological polar surface area (TPSA) is 123 Å². The monoisotopic (exact) mass is 573 g/mol. The highest BCUT2D eigenvalue weighted by atomic mass is 35.5. The summed E-state index contributed by atoms with van der Waals surface area (Å²) in [5.41, 5.74) is -0.0745. The van der Waals surface area contributed by atoms with Gasteiger partial charge in [-0.3, -0.25) is 24.1 Å². The summed E-state index contributed by atoms with van der Waals surface area (Å²) >= 11 is 5.85. The molecule has 3 fully saturated rings. The molecule has 0 radical (unpaired) electrons. The first kappa shape index (κ1) is 28.1. The standard InChI is InChI=1S/C28H32ClN3O8/c1-28(2,3)39-27(37)30-14-19(31(26(29)36)38-15-16-7-5-4-6-8-16)11-12-20(30)25(35)40-32-23(33)21-17-9-10-18(13-17)22(21)24(32)34/h4-10,17-22H,11-15H2,1-3H3/t17?,18?,19-,20+,21?,22?/m1/s1. The lowest BCUT2D eigenvalue weighted by Crippen LogP contribution is -2.58. The zero-order valence-corrected chi connectivity index (χ0v) is 23.3. The fourth-order valence-electron chi connectivity index (χ4n) is 6.04. The Kier molecular flexibility index (Phi) is 7.62. The highest BCUT2D eigenvalue weighted by Gasteiger charge is 2.61. The van der Waals surface area contributed by atoms with E-state index in [9.17, 15) is 24.0 Å². The summed E-state index contributed by atoms with van der Waals surface area (Å²) in [4.78, 5) is 77.2. The maximum atomic E-state index is 13.4. The molecule has 6 atom stereocenters. The Labute approximate surface area is 236 Å². The first-order valence-electron chi connectivity index (χ1n) is 13.4. The second-order valence-corrected chi connectivity index (χ2v) is 11.9. The maximum Gasteiger partial charge on any atom is 0.411 e. The lowest BCUT2D eigenvalue weighted by molar-refractivity contribution is -0.205.